The van der Waals surface area contributed by atoms with Gasteiger partial charge in [0.1, 0.15) is 5.75 Å². The summed E-state index contributed by atoms with van der Waals surface area (Å²) in [4.78, 5) is 11.5. The second kappa shape index (κ2) is 4.60. The van der Waals surface area contributed by atoms with Gasteiger partial charge in [-0.25, -0.2) is 0 Å². The lowest BCUT2D eigenvalue weighted by molar-refractivity contribution is 0.0984. The highest BCUT2D eigenvalue weighted by atomic mass is 127. The van der Waals surface area contributed by atoms with Crippen LogP contribution >= 0.6 is 22.6 Å². The van der Waals surface area contributed by atoms with E-state index in [1.807, 2.05) is 25.1 Å². The average Bonchev–Trinajstić information content (AvgIpc) is 2.16. The van der Waals surface area contributed by atoms with E-state index < -0.39 is 0 Å². The number of benzene rings is 1. The van der Waals surface area contributed by atoms with E-state index in [1.165, 1.54) is 0 Å². The van der Waals surface area contributed by atoms with Crippen molar-refractivity contribution < 1.29 is 9.53 Å². The van der Waals surface area contributed by atoms with Crippen LogP contribution < -0.4 is 4.74 Å². The van der Waals surface area contributed by atoms with Crippen molar-refractivity contribution in [2.45, 2.75) is 13.3 Å². The van der Waals surface area contributed by atoms with Gasteiger partial charge in [-0.15, -0.1) is 0 Å². The lowest BCUT2D eigenvalue weighted by Gasteiger charge is -2.07. The fraction of sp³-hybridized carbons (Fsp3) is 0.300. The second-order valence-electron chi connectivity index (χ2n) is 2.59. The molecule has 1 aromatic carbocycles. The number of halogens is 1. The smallest absolute Gasteiger partial charge is 0.167 e. The number of ether oxygens (including phenoxy) is 1. The Labute approximate surface area is 91.4 Å². The molecule has 0 amide bonds. The summed E-state index contributed by atoms with van der Waals surface area (Å²) in [7, 11) is 1.58. The van der Waals surface area contributed by atoms with Gasteiger partial charge in [-0.1, -0.05) is 13.0 Å². The minimum atomic E-state index is 0.127. The van der Waals surface area contributed by atoms with Crippen LogP contribution in [0.25, 0.3) is 0 Å². The summed E-state index contributed by atoms with van der Waals surface area (Å²) >= 11 is 2.15. The van der Waals surface area contributed by atoms with Gasteiger partial charge < -0.3 is 4.74 Å². The van der Waals surface area contributed by atoms with E-state index in [1.54, 1.807) is 7.11 Å². The summed E-state index contributed by atoms with van der Waals surface area (Å²) in [5.74, 6) is 0.792. The molecule has 3 heteroatoms. The predicted octanol–water partition coefficient (Wildman–Crippen LogP) is 2.89. The number of carbonyl (C=O) groups excluding carboxylic acids is 1. The van der Waals surface area contributed by atoms with Gasteiger partial charge in [0.25, 0.3) is 0 Å². The average molecular weight is 290 g/mol. The molecule has 1 aromatic rings. The third-order valence-electron chi connectivity index (χ3n) is 1.80. The maximum Gasteiger partial charge on any atom is 0.167 e. The zero-order chi connectivity index (χ0) is 9.84. The Kier molecular flexibility index (Phi) is 3.71. The standard InChI is InChI=1S/C10H11IO2/c1-3-8(12)10-7(11)5-4-6-9(10)13-2/h4-6H,3H2,1-2H3. The third kappa shape index (κ3) is 2.21. The van der Waals surface area contributed by atoms with Gasteiger partial charge in [0.05, 0.1) is 12.7 Å². The quantitative estimate of drug-likeness (QED) is 0.632. The summed E-state index contributed by atoms with van der Waals surface area (Å²) in [5.41, 5.74) is 0.702. The van der Waals surface area contributed by atoms with Crippen LogP contribution in [0.1, 0.15) is 23.7 Å². The number of methoxy groups -OCH3 is 1. The number of hydrogen-bond acceptors (Lipinski definition) is 2. The summed E-state index contributed by atoms with van der Waals surface area (Å²) in [6.07, 6.45) is 0.510. The minimum absolute atomic E-state index is 0.127. The molecule has 0 unspecified atom stereocenters. The largest absolute Gasteiger partial charge is 0.496 e. The Morgan fingerprint density at radius 3 is 2.77 bits per heavy atom. The molecule has 0 aliphatic rings. The van der Waals surface area contributed by atoms with E-state index in [2.05, 4.69) is 22.6 Å². The molecule has 0 radical (unpaired) electrons. The highest BCUT2D eigenvalue weighted by molar-refractivity contribution is 14.1. The molecule has 0 N–H and O–H groups in total. The molecule has 0 heterocycles. The molecule has 70 valence electrons. The van der Waals surface area contributed by atoms with Crippen LogP contribution in [0.4, 0.5) is 0 Å². The lowest BCUT2D eigenvalue weighted by atomic mass is 10.1. The molecule has 0 aliphatic heterocycles. The first-order valence-electron chi connectivity index (χ1n) is 4.06. The number of ketones is 1. The van der Waals surface area contributed by atoms with Gasteiger partial charge in [0.2, 0.25) is 0 Å². The Hall–Kier alpha value is -0.580. The molecule has 2 nitrogen and oxygen atoms in total. The Morgan fingerprint density at radius 2 is 2.23 bits per heavy atom. The molecule has 13 heavy (non-hydrogen) atoms. The molecule has 0 aliphatic carbocycles. The van der Waals surface area contributed by atoms with Crippen LogP contribution in [-0.2, 0) is 0 Å². The van der Waals surface area contributed by atoms with Gasteiger partial charge in [0, 0.05) is 9.99 Å². The molecule has 0 saturated heterocycles. The highest BCUT2D eigenvalue weighted by Crippen LogP contribution is 2.24. The highest BCUT2D eigenvalue weighted by Gasteiger charge is 2.13. The van der Waals surface area contributed by atoms with Crippen molar-refractivity contribution in [1.29, 1.82) is 0 Å². The maximum atomic E-state index is 11.5. The summed E-state index contributed by atoms with van der Waals surface area (Å²) in [6.45, 7) is 1.85. The molecule has 0 bridgehead atoms. The molecule has 0 aromatic heterocycles. The van der Waals surface area contributed by atoms with Gasteiger partial charge >= 0.3 is 0 Å². The number of Topliss-reactive ketones (excluding diaryl/α,β-unsaturated/α-hetero) is 1. The fourth-order valence-corrected chi connectivity index (χ4v) is 1.90. The maximum absolute atomic E-state index is 11.5. The van der Waals surface area contributed by atoms with Crippen LogP contribution in [-0.4, -0.2) is 12.9 Å². The Morgan fingerprint density at radius 1 is 1.54 bits per heavy atom. The van der Waals surface area contributed by atoms with Crippen molar-refractivity contribution in [1.82, 2.24) is 0 Å². The Balaban J connectivity index is 3.22. The van der Waals surface area contributed by atoms with E-state index in [0.29, 0.717) is 17.7 Å². The van der Waals surface area contributed by atoms with Crippen LogP contribution in [0.3, 0.4) is 0 Å². The van der Waals surface area contributed by atoms with Crippen LogP contribution in [0, 0.1) is 3.57 Å². The normalized spacial score (nSPS) is 9.77. The van der Waals surface area contributed by atoms with Crippen molar-refractivity contribution >= 4 is 28.4 Å². The summed E-state index contributed by atoms with van der Waals surface area (Å²) in [6, 6.07) is 5.60. The lowest BCUT2D eigenvalue weighted by Crippen LogP contribution is -2.02. The van der Waals surface area contributed by atoms with E-state index in [9.17, 15) is 4.79 Å². The second-order valence-corrected chi connectivity index (χ2v) is 3.76. The number of hydrogen-bond donors (Lipinski definition) is 0. The van der Waals surface area contributed by atoms with Gasteiger partial charge in [-0.3, -0.25) is 4.79 Å². The first-order chi connectivity index (χ1) is 6.20. The van der Waals surface area contributed by atoms with E-state index in [0.717, 1.165) is 3.57 Å². The van der Waals surface area contributed by atoms with Gasteiger partial charge in [-0.2, -0.15) is 0 Å². The minimum Gasteiger partial charge on any atom is -0.496 e. The monoisotopic (exact) mass is 290 g/mol. The third-order valence-corrected chi connectivity index (χ3v) is 2.69. The van der Waals surface area contributed by atoms with Crippen LogP contribution in [0.15, 0.2) is 18.2 Å². The molecule has 0 fully saturated rings. The van der Waals surface area contributed by atoms with Crippen molar-refractivity contribution in [2.24, 2.45) is 0 Å². The molecular formula is C10H11IO2. The number of carbonyl (C=O) groups is 1. The summed E-state index contributed by atoms with van der Waals surface area (Å²) < 4.78 is 6.07. The van der Waals surface area contributed by atoms with E-state index in [-0.39, 0.29) is 5.78 Å². The zero-order valence-corrected chi connectivity index (χ0v) is 9.79. The van der Waals surface area contributed by atoms with Crippen LogP contribution in [0.5, 0.6) is 5.75 Å². The van der Waals surface area contributed by atoms with E-state index >= 15 is 0 Å². The van der Waals surface area contributed by atoms with Crippen molar-refractivity contribution in [3.63, 3.8) is 0 Å². The molecule has 0 saturated carbocycles. The predicted molar refractivity (Wildman–Crippen MR) is 60.3 cm³/mol. The first kappa shape index (κ1) is 10.5. The molecular weight excluding hydrogens is 279 g/mol. The first-order valence-corrected chi connectivity index (χ1v) is 5.14. The van der Waals surface area contributed by atoms with Gasteiger partial charge in [-0.05, 0) is 34.7 Å². The Bertz CT molecular complexity index is 321. The van der Waals surface area contributed by atoms with Crippen molar-refractivity contribution in [2.75, 3.05) is 7.11 Å². The SMILES string of the molecule is CCC(=O)c1c(I)cccc1OC. The summed E-state index contributed by atoms with van der Waals surface area (Å²) in [5, 5.41) is 0. The topological polar surface area (TPSA) is 26.3 Å². The van der Waals surface area contributed by atoms with Gasteiger partial charge in [0.15, 0.2) is 5.78 Å². The van der Waals surface area contributed by atoms with Crippen molar-refractivity contribution in [3.8, 4) is 5.75 Å². The fourth-order valence-electron chi connectivity index (χ4n) is 1.12. The van der Waals surface area contributed by atoms with E-state index in [4.69, 9.17) is 4.74 Å². The molecule has 0 spiro atoms. The molecule has 1 rings (SSSR count). The number of rotatable bonds is 3. The molecule has 0 atom stereocenters. The zero-order valence-electron chi connectivity index (χ0n) is 7.63. The van der Waals surface area contributed by atoms with Crippen molar-refractivity contribution in [3.05, 3.63) is 27.3 Å². The van der Waals surface area contributed by atoms with Crippen LogP contribution in [0.2, 0.25) is 0 Å².